The number of carbonyl (C=O) groups excluding carboxylic acids is 2. The SMILES string of the molecule is Cc1ccc(C)c(N2CCN(C(=O)c3cnn(-c4ccc(Cl)cc4)c3C3CCN(C(=O)OC(C)(C)C)CC3)CC2)c1. The topological polar surface area (TPSA) is 70.9 Å². The van der Waals surface area contributed by atoms with Crippen molar-refractivity contribution in [3.8, 4) is 5.69 Å². The summed E-state index contributed by atoms with van der Waals surface area (Å²) in [5, 5.41) is 5.35. The van der Waals surface area contributed by atoms with Gasteiger partial charge in [0.05, 0.1) is 23.1 Å². The summed E-state index contributed by atoms with van der Waals surface area (Å²) in [4.78, 5) is 32.8. The van der Waals surface area contributed by atoms with Gasteiger partial charge in [-0.1, -0.05) is 23.7 Å². The Morgan fingerprint density at radius 3 is 2.20 bits per heavy atom. The lowest BCUT2D eigenvalue weighted by molar-refractivity contribution is 0.0203. The zero-order chi connectivity index (χ0) is 29.3. The van der Waals surface area contributed by atoms with E-state index in [1.807, 2.05) is 54.6 Å². The Kier molecular flexibility index (Phi) is 8.32. The summed E-state index contributed by atoms with van der Waals surface area (Å²) in [6.45, 7) is 13.9. The molecule has 2 amide bonds. The first-order chi connectivity index (χ1) is 19.5. The number of aromatic nitrogens is 2. The van der Waals surface area contributed by atoms with Gasteiger partial charge in [-0.25, -0.2) is 9.48 Å². The Hall–Kier alpha value is -3.52. The number of hydrogen-bond donors (Lipinski definition) is 0. The van der Waals surface area contributed by atoms with Crippen LogP contribution in [0.4, 0.5) is 10.5 Å². The molecule has 9 heteroatoms. The van der Waals surface area contributed by atoms with E-state index in [0.29, 0.717) is 36.8 Å². The summed E-state index contributed by atoms with van der Waals surface area (Å²) in [5.41, 5.74) is 5.58. The van der Waals surface area contributed by atoms with Gasteiger partial charge in [0.1, 0.15) is 5.60 Å². The second kappa shape index (κ2) is 11.8. The molecular formula is C32H40ClN5O3. The number of benzene rings is 2. The smallest absolute Gasteiger partial charge is 0.410 e. The molecule has 1 aromatic heterocycles. The molecule has 2 aromatic carbocycles. The lowest BCUT2D eigenvalue weighted by Gasteiger charge is -2.37. The maximum absolute atomic E-state index is 14.0. The van der Waals surface area contributed by atoms with E-state index in [1.165, 1.54) is 16.8 Å². The van der Waals surface area contributed by atoms with Crippen molar-refractivity contribution in [3.05, 3.63) is 76.1 Å². The minimum Gasteiger partial charge on any atom is -0.444 e. The van der Waals surface area contributed by atoms with E-state index in [1.54, 1.807) is 11.1 Å². The first kappa shape index (κ1) is 29.0. The molecule has 218 valence electrons. The number of amides is 2. The quantitative estimate of drug-likeness (QED) is 0.368. The fourth-order valence-electron chi connectivity index (χ4n) is 5.75. The van der Waals surface area contributed by atoms with Crippen LogP contribution in [-0.4, -0.2) is 76.5 Å². The molecule has 2 aliphatic heterocycles. The molecular weight excluding hydrogens is 538 g/mol. The number of carbonyl (C=O) groups is 2. The first-order valence-corrected chi connectivity index (χ1v) is 14.8. The lowest BCUT2D eigenvalue weighted by Crippen LogP contribution is -2.49. The zero-order valence-corrected chi connectivity index (χ0v) is 25.4. The summed E-state index contributed by atoms with van der Waals surface area (Å²) in [7, 11) is 0. The summed E-state index contributed by atoms with van der Waals surface area (Å²) >= 11 is 6.17. The minimum atomic E-state index is -0.539. The average Bonchev–Trinajstić information content (AvgIpc) is 3.39. The van der Waals surface area contributed by atoms with Crippen LogP contribution >= 0.6 is 11.6 Å². The van der Waals surface area contributed by atoms with E-state index in [-0.39, 0.29) is 17.9 Å². The number of rotatable bonds is 4. The maximum Gasteiger partial charge on any atom is 0.410 e. The van der Waals surface area contributed by atoms with Crippen LogP contribution in [0.2, 0.25) is 5.02 Å². The molecule has 0 spiro atoms. The second-order valence-corrected chi connectivity index (χ2v) is 12.6. The van der Waals surface area contributed by atoms with E-state index in [4.69, 9.17) is 21.4 Å². The fourth-order valence-corrected chi connectivity index (χ4v) is 5.87. The van der Waals surface area contributed by atoms with Gasteiger partial charge in [0, 0.05) is 55.9 Å². The van der Waals surface area contributed by atoms with E-state index < -0.39 is 5.60 Å². The van der Waals surface area contributed by atoms with E-state index in [9.17, 15) is 9.59 Å². The summed E-state index contributed by atoms with van der Waals surface area (Å²) in [6.07, 6.45) is 2.86. The number of likely N-dealkylation sites (tertiary alicyclic amines) is 1. The van der Waals surface area contributed by atoms with Crippen LogP contribution in [0.15, 0.2) is 48.7 Å². The third kappa shape index (κ3) is 6.53. The van der Waals surface area contributed by atoms with E-state index >= 15 is 0 Å². The van der Waals surface area contributed by atoms with Gasteiger partial charge in [-0.2, -0.15) is 5.10 Å². The Morgan fingerprint density at radius 2 is 1.56 bits per heavy atom. The molecule has 2 fully saturated rings. The fraction of sp³-hybridized carbons (Fsp3) is 0.469. The van der Waals surface area contributed by atoms with Gasteiger partial charge in [-0.05, 0) is 88.9 Å². The molecule has 2 aliphatic rings. The molecule has 5 rings (SSSR count). The van der Waals surface area contributed by atoms with Crippen molar-refractivity contribution in [1.82, 2.24) is 19.6 Å². The van der Waals surface area contributed by atoms with Gasteiger partial charge < -0.3 is 19.4 Å². The molecule has 3 heterocycles. The van der Waals surface area contributed by atoms with Gasteiger partial charge in [-0.3, -0.25) is 4.79 Å². The van der Waals surface area contributed by atoms with Crippen LogP contribution in [0, 0.1) is 13.8 Å². The number of aryl methyl sites for hydroxylation is 2. The highest BCUT2D eigenvalue weighted by molar-refractivity contribution is 6.30. The van der Waals surface area contributed by atoms with Gasteiger partial charge in [0.15, 0.2) is 0 Å². The number of nitrogens with zero attached hydrogens (tertiary/aromatic N) is 5. The van der Waals surface area contributed by atoms with Crippen molar-refractivity contribution >= 4 is 29.3 Å². The maximum atomic E-state index is 14.0. The van der Waals surface area contributed by atoms with Gasteiger partial charge >= 0.3 is 6.09 Å². The van der Waals surface area contributed by atoms with Crippen molar-refractivity contribution in [2.24, 2.45) is 0 Å². The van der Waals surface area contributed by atoms with Gasteiger partial charge in [0.2, 0.25) is 0 Å². The molecule has 0 N–H and O–H groups in total. The molecule has 0 aliphatic carbocycles. The van der Waals surface area contributed by atoms with Gasteiger partial charge in [-0.15, -0.1) is 0 Å². The van der Waals surface area contributed by atoms with Crippen molar-refractivity contribution in [3.63, 3.8) is 0 Å². The largest absolute Gasteiger partial charge is 0.444 e. The molecule has 8 nitrogen and oxygen atoms in total. The third-order valence-corrected chi connectivity index (χ3v) is 8.17. The van der Waals surface area contributed by atoms with E-state index in [2.05, 4.69) is 36.9 Å². The number of halogens is 1. The third-order valence-electron chi connectivity index (χ3n) is 7.91. The summed E-state index contributed by atoms with van der Waals surface area (Å²) in [6, 6.07) is 14.0. The lowest BCUT2D eigenvalue weighted by atomic mass is 9.90. The number of piperidine rings is 1. The Morgan fingerprint density at radius 1 is 0.902 bits per heavy atom. The van der Waals surface area contributed by atoms with Crippen LogP contribution < -0.4 is 4.90 Å². The standard InChI is InChI=1S/C32H40ClN5O3/c1-22-6-7-23(2)28(20-22)35-16-18-36(19-17-35)30(39)27-21-34-38(26-10-8-25(33)9-11-26)29(27)24-12-14-37(15-13-24)31(40)41-32(3,4)5/h6-11,20-21,24H,12-19H2,1-5H3. The molecule has 0 atom stereocenters. The molecule has 0 radical (unpaired) electrons. The van der Waals surface area contributed by atoms with Crippen LogP contribution in [-0.2, 0) is 4.74 Å². The average molecular weight is 578 g/mol. The number of anilines is 1. The number of hydrogen-bond acceptors (Lipinski definition) is 5. The molecule has 41 heavy (non-hydrogen) atoms. The molecule has 0 saturated carbocycles. The monoisotopic (exact) mass is 577 g/mol. The van der Waals surface area contributed by atoms with E-state index in [0.717, 1.165) is 37.3 Å². The number of piperazine rings is 1. The van der Waals surface area contributed by atoms with Crippen LogP contribution in [0.5, 0.6) is 0 Å². The first-order valence-electron chi connectivity index (χ1n) is 14.4. The van der Waals surface area contributed by atoms with Crippen molar-refractivity contribution in [2.75, 3.05) is 44.2 Å². The summed E-state index contributed by atoms with van der Waals surface area (Å²) in [5.74, 6) is 0.0810. The van der Waals surface area contributed by atoms with Crippen molar-refractivity contribution in [2.45, 2.75) is 59.0 Å². The normalized spacial score (nSPS) is 16.7. The molecule has 0 bridgehead atoms. The Balaban J connectivity index is 1.36. The predicted molar refractivity (Wildman–Crippen MR) is 162 cm³/mol. The molecule has 0 unspecified atom stereocenters. The summed E-state index contributed by atoms with van der Waals surface area (Å²) < 4.78 is 7.47. The van der Waals surface area contributed by atoms with Crippen LogP contribution in [0.3, 0.4) is 0 Å². The Labute approximate surface area is 247 Å². The second-order valence-electron chi connectivity index (χ2n) is 12.1. The highest BCUT2D eigenvalue weighted by Crippen LogP contribution is 2.34. The van der Waals surface area contributed by atoms with Crippen molar-refractivity contribution < 1.29 is 14.3 Å². The highest BCUT2D eigenvalue weighted by Gasteiger charge is 2.34. The predicted octanol–water partition coefficient (Wildman–Crippen LogP) is 6.22. The highest BCUT2D eigenvalue weighted by atomic mass is 35.5. The minimum absolute atomic E-state index is 0.00963. The van der Waals surface area contributed by atoms with Crippen LogP contribution in [0.1, 0.15) is 66.7 Å². The molecule has 3 aromatic rings. The van der Waals surface area contributed by atoms with Crippen molar-refractivity contribution in [1.29, 1.82) is 0 Å². The van der Waals surface area contributed by atoms with Gasteiger partial charge in [0.25, 0.3) is 5.91 Å². The Bertz CT molecular complexity index is 1400. The van der Waals surface area contributed by atoms with Crippen LogP contribution in [0.25, 0.3) is 5.69 Å². The zero-order valence-electron chi connectivity index (χ0n) is 24.7. The number of ether oxygens (including phenoxy) is 1. The molecule has 2 saturated heterocycles.